The highest BCUT2D eigenvalue weighted by Crippen LogP contribution is 2.49. The molecule has 1 aromatic carbocycles. The van der Waals surface area contributed by atoms with Gasteiger partial charge in [0.1, 0.15) is 0 Å². The number of carbonyl (C=O) groups excluding carboxylic acids is 1. The molecule has 1 aromatic heterocycles. The van der Waals surface area contributed by atoms with E-state index in [0.717, 1.165) is 38.0 Å². The standard InChI is InChI=1S/C19H21N3O/c23-18(19(9-10-19)15-5-2-1-3-6-15)22-12-8-17(14-22)21-16-7-4-11-20-13-16/h1-7,11,13,17,21H,8-10,12,14H2/t17-/m0/s1. The molecule has 118 valence electrons. The molecule has 0 bridgehead atoms. The predicted octanol–water partition coefficient (Wildman–Crippen LogP) is 2.83. The molecule has 23 heavy (non-hydrogen) atoms. The molecule has 0 unspecified atom stereocenters. The van der Waals surface area contributed by atoms with E-state index < -0.39 is 0 Å². The highest BCUT2D eigenvalue weighted by molar-refractivity contribution is 5.91. The Bertz CT molecular complexity index is 682. The highest BCUT2D eigenvalue weighted by atomic mass is 16.2. The van der Waals surface area contributed by atoms with Crippen LogP contribution in [-0.2, 0) is 10.2 Å². The molecule has 2 fully saturated rings. The lowest BCUT2D eigenvalue weighted by Gasteiger charge is -2.24. The van der Waals surface area contributed by atoms with Gasteiger partial charge in [0.25, 0.3) is 0 Å². The number of aromatic nitrogens is 1. The van der Waals surface area contributed by atoms with E-state index in [1.165, 1.54) is 5.56 Å². The molecule has 1 saturated heterocycles. The van der Waals surface area contributed by atoms with Gasteiger partial charge in [-0.05, 0) is 37.0 Å². The van der Waals surface area contributed by atoms with Crippen LogP contribution in [0.5, 0.6) is 0 Å². The summed E-state index contributed by atoms with van der Waals surface area (Å²) in [6.45, 7) is 1.62. The number of nitrogens with zero attached hydrogens (tertiary/aromatic N) is 2. The number of nitrogens with one attached hydrogen (secondary N) is 1. The fraction of sp³-hybridized carbons (Fsp3) is 0.368. The summed E-state index contributed by atoms with van der Waals surface area (Å²) in [4.78, 5) is 19.2. The Morgan fingerprint density at radius 1 is 1.17 bits per heavy atom. The van der Waals surface area contributed by atoms with E-state index in [2.05, 4.69) is 22.4 Å². The van der Waals surface area contributed by atoms with E-state index >= 15 is 0 Å². The first-order valence-electron chi connectivity index (χ1n) is 8.29. The molecule has 1 aliphatic heterocycles. The van der Waals surface area contributed by atoms with Crippen LogP contribution in [0, 0.1) is 0 Å². The quantitative estimate of drug-likeness (QED) is 0.944. The van der Waals surface area contributed by atoms with Crippen molar-refractivity contribution in [2.24, 2.45) is 0 Å². The number of benzene rings is 1. The molecule has 0 spiro atoms. The van der Waals surface area contributed by atoms with Gasteiger partial charge in [-0.15, -0.1) is 0 Å². The maximum atomic E-state index is 13.0. The van der Waals surface area contributed by atoms with Crippen LogP contribution >= 0.6 is 0 Å². The summed E-state index contributed by atoms with van der Waals surface area (Å²) in [6.07, 6.45) is 6.55. The minimum absolute atomic E-state index is 0.246. The number of likely N-dealkylation sites (tertiary alicyclic amines) is 1. The number of anilines is 1. The van der Waals surface area contributed by atoms with Gasteiger partial charge in [-0.3, -0.25) is 9.78 Å². The van der Waals surface area contributed by atoms with Crippen molar-refractivity contribution in [1.82, 2.24) is 9.88 Å². The number of rotatable bonds is 4. The zero-order chi connectivity index (χ0) is 15.7. The average molecular weight is 307 g/mol. The van der Waals surface area contributed by atoms with E-state index in [1.807, 2.05) is 41.4 Å². The number of pyridine rings is 1. The third-order valence-corrected chi connectivity index (χ3v) is 4.99. The smallest absolute Gasteiger partial charge is 0.233 e. The van der Waals surface area contributed by atoms with Crippen LogP contribution in [0.15, 0.2) is 54.9 Å². The lowest BCUT2D eigenvalue weighted by Crippen LogP contribution is -2.39. The molecule has 0 radical (unpaired) electrons. The van der Waals surface area contributed by atoms with Gasteiger partial charge in [-0.1, -0.05) is 30.3 Å². The van der Waals surface area contributed by atoms with Gasteiger partial charge in [-0.2, -0.15) is 0 Å². The summed E-state index contributed by atoms with van der Waals surface area (Å²) >= 11 is 0. The summed E-state index contributed by atoms with van der Waals surface area (Å²) in [5.74, 6) is 0.305. The molecule has 1 amide bonds. The molecule has 1 saturated carbocycles. The molecular weight excluding hydrogens is 286 g/mol. The Balaban J connectivity index is 1.43. The molecule has 2 heterocycles. The summed E-state index contributed by atoms with van der Waals surface area (Å²) in [7, 11) is 0. The molecule has 1 aliphatic carbocycles. The Morgan fingerprint density at radius 3 is 2.70 bits per heavy atom. The lowest BCUT2D eigenvalue weighted by atomic mass is 9.94. The Morgan fingerprint density at radius 2 is 2.00 bits per heavy atom. The van der Waals surface area contributed by atoms with Gasteiger partial charge in [-0.25, -0.2) is 0 Å². The third-order valence-electron chi connectivity index (χ3n) is 4.99. The number of hydrogen-bond donors (Lipinski definition) is 1. The molecule has 4 nitrogen and oxygen atoms in total. The fourth-order valence-electron chi connectivity index (χ4n) is 3.56. The monoisotopic (exact) mass is 307 g/mol. The summed E-state index contributed by atoms with van der Waals surface area (Å²) in [5.41, 5.74) is 1.95. The minimum atomic E-state index is -0.246. The zero-order valence-electron chi connectivity index (χ0n) is 13.1. The van der Waals surface area contributed by atoms with Gasteiger partial charge >= 0.3 is 0 Å². The Labute approximate surface area is 136 Å². The van der Waals surface area contributed by atoms with Gasteiger partial charge in [0, 0.05) is 31.5 Å². The van der Waals surface area contributed by atoms with Crippen molar-refractivity contribution < 1.29 is 4.79 Å². The highest BCUT2D eigenvalue weighted by Gasteiger charge is 2.53. The summed E-state index contributed by atoms with van der Waals surface area (Å²) < 4.78 is 0. The molecule has 1 atom stereocenters. The van der Waals surface area contributed by atoms with Crippen molar-refractivity contribution in [1.29, 1.82) is 0 Å². The second-order valence-corrected chi connectivity index (χ2v) is 6.57. The fourth-order valence-corrected chi connectivity index (χ4v) is 3.56. The summed E-state index contributed by atoms with van der Waals surface area (Å²) in [6, 6.07) is 14.5. The van der Waals surface area contributed by atoms with Crippen LogP contribution < -0.4 is 5.32 Å². The van der Waals surface area contributed by atoms with Gasteiger partial charge in [0.15, 0.2) is 0 Å². The maximum Gasteiger partial charge on any atom is 0.233 e. The van der Waals surface area contributed by atoms with Gasteiger partial charge in [0.2, 0.25) is 5.91 Å². The predicted molar refractivity (Wildman–Crippen MR) is 90.2 cm³/mol. The summed E-state index contributed by atoms with van der Waals surface area (Å²) in [5, 5.41) is 3.48. The van der Waals surface area contributed by atoms with E-state index in [9.17, 15) is 4.79 Å². The number of hydrogen-bond acceptors (Lipinski definition) is 3. The van der Waals surface area contributed by atoms with Gasteiger partial charge < -0.3 is 10.2 Å². The van der Waals surface area contributed by atoms with Crippen LogP contribution in [-0.4, -0.2) is 34.9 Å². The third kappa shape index (κ3) is 2.69. The SMILES string of the molecule is O=C(N1CC[C@H](Nc2cccnc2)C1)C1(c2ccccc2)CC1. The number of carbonyl (C=O) groups is 1. The van der Waals surface area contributed by atoms with Crippen molar-refractivity contribution in [3.63, 3.8) is 0 Å². The maximum absolute atomic E-state index is 13.0. The molecule has 2 aliphatic rings. The Kier molecular flexibility index (Phi) is 3.52. The van der Waals surface area contributed by atoms with E-state index in [-0.39, 0.29) is 5.41 Å². The van der Waals surface area contributed by atoms with Crippen LogP contribution in [0.3, 0.4) is 0 Å². The van der Waals surface area contributed by atoms with Crippen LogP contribution in [0.4, 0.5) is 5.69 Å². The topological polar surface area (TPSA) is 45.2 Å². The zero-order valence-corrected chi connectivity index (χ0v) is 13.1. The van der Waals surface area contributed by atoms with E-state index in [4.69, 9.17) is 0 Å². The number of amides is 1. The van der Waals surface area contributed by atoms with Crippen LogP contribution in [0.25, 0.3) is 0 Å². The Hall–Kier alpha value is -2.36. The average Bonchev–Trinajstić information content (AvgIpc) is 3.30. The largest absolute Gasteiger partial charge is 0.379 e. The van der Waals surface area contributed by atoms with Crippen molar-refractivity contribution in [2.45, 2.75) is 30.7 Å². The van der Waals surface area contributed by atoms with Crippen molar-refractivity contribution in [2.75, 3.05) is 18.4 Å². The van der Waals surface area contributed by atoms with Crippen molar-refractivity contribution in [3.05, 3.63) is 60.4 Å². The van der Waals surface area contributed by atoms with E-state index in [0.29, 0.717) is 11.9 Å². The van der Waals surface area contributed by atoms with Crippen LogP contribution in [0.1, 0.15) is 24.8 Å². The van der Waals surface area contributed by atoms with Crippen LogP contribution in [0.2, 0.25) is 0 Å². The molecule has 2 aromatic rings. The molecule has 4 rings (SSSR count). The van der Waals surface area contributed by atoms with Crippen molar-refractivity contribution >= 4 is 11.6 Å². The molecular formula is C19H21N3O. The normalized spacial score (nSPS) is 21.9. The minimum Gasteiger partial charge on any atom is -0.379 e. The first kappa shape index (κ1) is 14.2. The first-order chi connectivity index (χ1) is 11.3. The van der Waals surface area contributed by atoms with Gasteiger partial charge in [0.05, 0.1) is 11.1 Å². The second-order valence-electron chi connectivity index (χ2n) is 6.57. The molecule has 4 heteroatoms. The second kappa shape index (κ2) is 5.69. The van der Waals surface area contributed by atoms with E-state index in [1.54, 1.807) is 6.20 Å². The van der Waals surface area contributed by atoms with Crippen molar-refractivity contribution in [3.8, 4) is 0 Å². The first-order valence-corrected chi connectivity index (χ1v) is 8.29. The molecule has 1 N–H and O–H groups in total. The lowest BCUT2D eigenvalue weighted by molar-refractivity contribution is -0.132.